The molecular formula is C27H29ClN2O6. The van der Waals surface area contributed by atoms with Crippen LogP contribution in [0.2, 0.25) is 5.02 Å². The lowest BCUT2D eigenvalue weighted by atomic mass is 9.94. The summed E-state index contributed by atoms with van der Waals surface area (Å²) < 4.78 is 17.2. The highest BCUT2D eigenvalue weighted by molar-refractivity contribution is 6.31. The van der Waals surface area contributed by atoms with E-state index in [0.29, 0.717) is 39.6 Å². The van der Waals surface area contributed by atoms with Gasteiger partial charge in [0.25, 0.3) is 5.91 Å². The van der Waals surface area contributed by atoms with Crippen molar-refractivity contribution in [1.29, 1.82) is 0 Å². The summed E-state index contributed by atoms with van der Waals surface area (Å²) >= 11 is 6.18. The Morgan fingerprint density at radius 3 is 2.58 bits per heavy atom. The van der Waals surface area contributed by atoms with Crippen molar-refractivity contribution in [2.45, 2.75) is 26.0 Å². The van der Waals surface area contributed by atoms with Crippen molar-refractivity contribution in [3.05, 3.63) is 70.1 Å². The van der Waals surface area contributed by atoms with Crippen LogP contribution in [0.3, 0.4) is 0 Å². The zero-order valence-electron chi connectivity index (χ0n) is 20.9. The van der Waals surface area contributed by atoms with E-state index in [-0.39, 0.29) is 24.0 Å². The number of halogens is 1. The molecule has 2 aromatic carbocycles. The Kier molecular flexibility index (Phi) is 7.28. The van der Waals surface area contributed by atoms with Crippen molar-refractivity contribution < 1.29 is 28.6 Å². The van der Waals surface area contributed by atoms with Crippen LogP contribution >= 0.6 is 11.6 Å². The third kappa shape index (κ3) is 4.79. The summed E-state index contributed by atoms with van der Waals surface area (Å²) in [5, 5.41) is 12.0. The van der Waals surface area contributed by atoms with Gasteiger partial charge in [0.2, 0.25) is 5.78 Å². The predicted molar refractivity (Wildman–Crippen MR) is 137 cm³/mol. The van der Waals surface area contributed by atoms with Crippen LogP contribution in [-0.2, 0) is 4.79 Å². The van der Waals surface area contributed by atoms with Crippen molar-refractivity contribution in [3.63, 3.8) is 0 Å². The van der Waals surface area contributed by atoms with Crippen LogP contribution in [0, 0.1) is 0 Å². The summed E-state index contributed by atoms with van der Waals surface area (Å²) in [6.45, 7) is 4.61. The quantitative estimate of drug-likeness (QED) is 0.402. The number of Topliss-reactive ketones (excluding diaryl/α,β-unsaturated/α-hetero) is 1. The number of aliphatic hydroxyl groups is 1. The summed E-state index contributed by atoms with van der Waals surface area (Å²) in [4.78, 5) is 30.5. The Labute approximate surface area is 214 Å². The minimum atomic E-state index is -0.862. The van der Waals surface area contributed by atoms with E-state index in [9.17, 15) is 14.7 Å². The van der Waals surface area contributed by atoms with Gasteiger partial charge in [-0.1, -0.05) is 29.8 Å². The molecule has 1 unspecified atom stereocenters. The number of carbonyl (C=O) groups excluding carboxylic acids is 2. The topological polar surface area (TPSA) is 92.5 Å². The van der Waals surface area contributed by atoms with Crippen LogP contribution in [-0.4, -0.2) is 67.0 Å². The lowest BCUT2D eigenvalue weighted by Gasteiger charge is -2.29. The summed E-state index contributed by atoms with van der Waals surface area (Å²) in [6.07, 6.45) is -0.136. The van der Waals surface area contributed by atoms with E-state index in [0.717, 1.165) is 0 Å². The maximum absolute atomic E-state index is 13.8. The summed E-state index contributed by atoms with van der Waals surface area (Å²) in [6, 6.07) is 11.1. The smallest absolute Gasteiger partial charge is 0.290 e. The van der Waals surface area contributed by atoms with Crippen molar-refractivity contribution in [3.8, 4) is 11.5 Å². The number of fused-ring (bicyclic) bond motifs is 1. The molecule has 36 heavy (non-hydrogen) atoms. The van der Waals surface area contributed by atoms with Crippen LogP contribution in [0.25, 0.3) is 11.0 Å². The Morgan fingerprint density at radius 1 is 1.19 bits per heavy atom. The van der Waals surface area contributed by atoms with Crippen LogP contribution < -0.4 is 9.47 Å². The molecule has 8 nitrogen and oxygen atoms in total. The van der Waals surface area contributed by atoms with Crippen LogP contribution in [0.5, 0.6) is 11.5 Å². The van der Waals surface area contributed by atoms with Gasteiger partial charge in [-0.05, 0) is 46.1 Å². The van der Waals surface area contributed by atoms with E-state index in [1.807, 2.05) is 45.0 Å². The van der Waals surface area contributed by atoms with Crippen molar-refractivity contribution in [1.82, 2.24) is 9.80 Å². The first kappa shape index (κ1) is 25.6. The number of hydrogen-bond acceptors (Lipinski definition) is 7. The van der Waals surface area contributed by atoms with Gasteiger partial charge in [-0.15, -0.1) is 0 Å². The number of ketones is 1. The lowest BCUT2D eigenvalue weighted by molar-refractivity contribution is -0.129. The fourth-order valence-corrected chi connectivity index (χ4v) is 4.51. The van der Waals surface area contributed by atoms with Gasteiger partial charge in [0.15, 0.2) is 22.9 Å². The van der Waals surface area contributed by atoms with Gasteiger partial charge < -0.3 is 28.8 Å². The molecule has 0 bridgehead atoms. The highest BCUT2D eigenvalue weighted by atomic mass is 35.5. The largest absolute Gasteiger partial charge is 0.503 e. The Balaban J connectivity index is 1.85. The van der Waals surface area contributed by atoms with Crippen molar-refractivity contribution in [2.24, 2.45) is 0 Å². The zero-order chi connectivity index (χ0) is 26.1. The number of likely N-dealkylation sites (N-methyl/N-ethyl adjacent to an activating group) is 1. The molecule has 1 aromatic heterocycles. The molecule has 0 saturated carbocycles. The van der Waals surface area contributed by atoms with E-state index < -0.39 is 23.5 Å². The fourth-order valence-electron chi connectivity index (χ4n) is 4.30. The van der Waals surface area contributed by atoms with Crippen LogP contribution in [0.15, 0.2) is 58.2 Å². The molecule has 0 radical (unpaired) electrons. The number of nitrogens with zero attached hydrogens (tertiary/aromatic N) is 2. The Bertz CT molecular complexity index is 1340. The second-order valence-electron chi connectivity index (χ2n) is 9.14. The van der Waals surface area contributed by atoms with Crippen LogP contribution in [0.1, 0.15) is 36.0 Å². The van der Waals surface area contributed by atoms with Crippen molar-refractivity contribution in [2.75, 3.05) is 34.3 Å². The molecule has 1 aliphatic heterocycles. The Hall–Kier alpha value is -3.49. The highest BCUT2D eigenvalue weighted by Crippen LogP contribution is 2.43. The summed E-state index contributed by atoms with van der Waals surface area (Å²) in [7, 11) is 5.25. The van der Waals surface area contributed by atoms with Gasteiger partial charge in [-0.2, -0.15) is 0 Å². The van der Waals surface area contributed by atoms with E-state index in [2.05, 4.69) is 0 Å². The normalized spacial score (nSPS) is 16.1. The molecular weight excluding hydrogens is 484 g/mol. The number of carbonyl (C=O) groups is 2. The minimum Gasteiger partial charge on any atom is -0.503 e. The zero-order valence-corrected chi connectivity index (χ0v) is 21.6. The number of para-hydroxylation sites is 1. The molecule has 1 atom stereocenters. The third-order valence-electron chi connectivity index (χ3n) is 5.90. The number of furan rings is 1. The number of rotatable bonds is 9. The summed E-state index contributed by atoms with van der Waals surface area (Å²) in [5.41, 5.74) is 0.879. The van der Waals surface area contributed by atoms with E-state index in [4.69, 9.17) is 25.5 Å². The molecule has 1 aliphatic rings. The fraction of sp³-hybridized carbons (Fsp3) is 0.333. The molecule has 0 aliphatic carbocycles. The standard InChI is InChI=1S/C27H29ClN2O6/c1-15(2)35-19-9-7-6-8-18(19)23-22(25(32)27(33)30(23)11-10-29(3)4)24(31)20-13-16-12-17(28)14-21(34-5)26(16)36-20/h6-9,12-15,23,32H,10-11H2,1-5H3. The van der Waals surface area contributed by atoms with E-state index in [1.54, 1.807) is 24.3 Å². The third-order valence-corrected chi connectivity index (χ3v) is 6.12. The van der Waals surface area contributed by atoms with Gasteiger partial charge in [-0.25, -0.2) is 0 Å². The maximum Gasteiger partial charge on any atom is 0.290 e. The van der Waals surface area contributed by atoms with Crippen LogP contribution in [0.4, 0.5) is 0 Å². The molecule has 4 rings (SSSR count). The first-order chi connectivity index (χ1) is 17.1. The van der Waals surface area contributed by atoms with Gasteiger partial charge in [0.05, 0.1) is 24.8 Å². The van der Waals surface area contributed by atoms with E-state index in [1.165, 1.54) is 18.1 Å². The number of benzene rings is 2. The van der Waals surface area contributed by atoms with Gasteiger partial charge >= 0.3 is 0 Å². The highest BCUT2D eigenvalue weighted by Gasteiger charge is 2.45. The molecule has 1 amide bonds. The first-order valence-corrected chi connectivity index (χ1v) is 12.0. The average molecular weight is 513 g/mol. The van der Waals surface area contributed by atoms with Crippen molar-refractivity contribution >= 4 is 34.3 Å². The molecule has 0 fully saturated rings. The maximum atomic E-state index is 13.8. The van der Waals surface area contributed by atoms with Gasteiger partial charge in [0, 0.05) is 35.1 Å². The molecule has 0 spiro atoms. The van der Waals surface area contributed by atoms with Gasteiger partial charge in [0.1, 0.15) is 5.75 Å². The predicted octanol–water partition coefficient (Wildman–Crippen LogP) is 5.02. The SMILES string of the molecule is COc1cc(Cl)cc2cc(C(=O)C3=C(O)C(=O)N(CCN(C)C)C3c3ccccc3OC(C)C)oc12. The minimum absolute atomic E-state index is 0.0402. The van der Waals surface area contributed by atoms with Gasteiger partial charge in [-0.3, -0.25) is 9.59 Å². The van der Waals surface area contributed by atoms with E-state index >= 15 is 0 Å². The number of aliphatic hydroxyl groups excluding tert-OH is 1. The number of amides is 1. The number of ether oxygens (including phenoxy) is 2. The molecule has 3 aromatic rings. The second kappa shape index (κ2) is 10.2. The Morgan fingerprint density at radius 2 is 1.92 bits per heavy atom. The average Bonchev–Trinajstić information content (AvgIpc) is 3.35. The summed E-state index contributed by atoms with van der Waals surface area (Å²) in [5.74, 6) is -0.973. The second-order valence-corrected chi connectivity index (χ2v) is 9.57. The lowest BCUT2D eigenvalue weighted by Crippen LogP contribution is -2.36. The molecule has 0 saturated heterocycles. The molecule has 2 heterocycles. The number of methoxy groups -OCH3 is 1. The monoisotopic (exact) mass is 512 g/mol. The molecule has 190 valence electrons. The first-order valence-electron chi connectivity index (χ1n) is 11.6. The molecule has 9 heteroatoms. The number of hydrogen-bond donors (Lipinski definition) is 1. The molecule has 1 N–H and O–H groups in total.